The van der Waals surface area contributed by atoms with E-state index in [1.54, 1.807) is 6.20 Å². The molecule has 1 aromatic rings. The van der Waals surface area contributed by atoms with Gasteiger partial charge in [0.05, 0.1) is 6.20 Å². The second-order valence-electron chi connectivity index (χ2n) is 5.78. The van der Waals surface area contributed by atoms with E-state index < -0.39 is 0 Å². The Kier molecular flexibility index (Phi) is 4.04. The Balaban J connectivity index is 1.77. The molecule has 3 rings (SSSR count). The lowest BCUT2D eigenvalue weighted by Gasteiger charge is -2.08. The molecule has 0 unspecified atom stereocenters. The van der Waals surface area contributed by atoms with Crippen molar-refractivity contribution < 1.29 is 0 Å². The van der Waals surface area contributed by atoms with Gasteiger partial charge in [0.1, 0.15) is 5.84 Å². The molecule has 0 aromatic carbocycles. The van der Waals surface area contributed by atoms with Gasteiger partial charge in [-0.2, -0.15) is 5.10 Å². The van der Waals surface area contributed by atoms with E-state index in [2.05, 4.69) is 39.8 Å². The first-order valence-corrected chi connectivity index (χ1v) is 7.64. The van der Waals surface area contributed by atoms with E-state index in [4.69, 9.17) is 0 Å². The predicted molar refractivity (Wildman–Crippen MR) is 86.7 cm³/mol. The third-order valence-corrected chi connectivity index (χ3v) is 4.33. The monoisotopic (exact) mass is 282 g/mol. The van der Waals surface area contributed by atoms with Crippen molar-refractivity contribution in [1.82, 2.24) is 15.1 Å². The summed E-state index contributed by atoms with van der Waals surface area (Å²) >= 11 is 0. The molecule has 0 radical (unpaired) electrons. The lowest BCUT2D eigenvalue weighted by Crippen LogP contribution is -2.17. The Morgan fingerprint density at radius 1 is 1.48 bits per heavy atom. The summed E-state index contributed by atoms with van der Waals surface area (Å²) in [6.45, 7) is 6.85. The molecule has 0 saturated heterocycles. The number of allylic oxidation sites excluding steroid dienone is 1. The summed E-state index contributed by atoms with van der Waals surface area (Å²) in [5, 5.41) is 7.60. The first kappa shape index (κ1) is 13.9. The Morgan fingerprint density at radius 3 is 3.05 bits per heavy atom. The fraction of sp³-hybridized carbons (Fsp3) is 0.412. The van der Waals surface area contributed by atoms with Crippen molar-refractivity contribution in [3.8, 4) is 0 Å². The molecule has 1 saturated carbocycles. The van der Waals surface area contributed by atoms with Crippen molar-refractivity contribution in [3.63, 3.8) is 0 Å². The van der Waals surface area contributed by atoms with Crippen LogP contribution in [0.2, 0.25) is 0 Å². The van der Waals surface area contributed by atoms with Crippen molar-refractivity contribution in [2.45, 2.75) is 39.2 Å². The van der Waals surface area contributed by atoms with Gasteiger partial charge < -0.3 is 5.32 Å². The summed E-state index contributed by atoms with van der Waals surface area (Å²) in [5.74, 6) is 1.66. The molecule has 110 valence electrons. The van der Waals surface area contributed by atoms with Gasteiger partial charge in [-0.15, -0.1) is 0 Å². The van der Waals surface area contributed by atoms with Crippen LogP contribution in [0.15, 0.2) is 48.0 Å². The van der Waals surface area contributed by atoms with Crippen LogP contribution in [0.1, 0.15) is 38.2 Å². The van der Waals surface area contributed by atoms with Gasteiger partial charge in [-0.25, -0.2) is 4.99 Å². The van der Waals surface area contributed by atoms with E-state index in [0.717, 1.165) is 29.4 Å². The highest BCUT2D eigenvalue weighted by Gasteiger charge is 2.17. The topological polar surface area (TPSA) is 42.2 Å². The minimum Gasteiger partial charge on any atom is -0.347 e. The number of aliphatic imine (C=N–C) groups is 1. The minimum atomic E-state index is 0.802. The van der Waals surface area contributed by atoms with Crippen LogP contribution in [0.5, 0.6) is 0 Å². The molecule has 1 aliphatic heterocycles. The molecule has 0 amide bonds. The highest BCUT2D eigenvalue weighted by atomic mass is 15.3. The number of hydrogen-bond acceptors (Lipinski definition) is 3. The van der Waals surface area contributed by atoms with E-state index in [0.29, 0.717) is 0 Å². The molecular weight excluding hydrogens is 260 g/mol. The van der Waals surface area contributed by atoms with Gasteiger partial charge >= 0.3 is 0 Å². The van der Waals surface area contributed by atoms with E-state index in [1.165, 1.54) is 31.3 Å². The van der Waals surface area contributed by atoms with Crippen molar-refractivity contribution in [1.29, 1.82) is 0 Å². The van der Waals surface area contributed by atoms with Crippen LogP contribution in [-0.4, -0.2) is 15.6 Å². The van der Waals surface area contributed by atoms with Gasteiger partial charge in [0.25, 0.3) is 0 Å². The van der Waals surface area contributed by atoms with Crippen LogP contribution >= 0.6 is 0 Å². The van der Waals surface area contributed by atoms with Crippen molar-refractivity contribution >= 4 is 11.4 Å². The number of nitrogens with one attached hydrogen (secondary N) is 1. The standard InChI is InChI=1S/C17H22N4/c1-3-18-17-16(8-9-19-17)13(2)15-10-20-21(12-15)11-14-6-4-5-7-14/h3,8-10,12,14H,1,4-7,11H2,2H3,(H,18,19)/b16-13+. The highest BCUT2D eigenvalue weighted by Crippen LogP contribution is 2.27. The highest BCUT2D eigenvalue weighted by molar-refractivity contribution is 6.09. The maximum absolute atomic E-state index is 4.52. The first-order chi connectivity index (χ1) is 10.3. The largest absolute Gasteiger partial charge is 0.347 e. The van der Waals surface area contributed by atoms with Gasteiger partial charge in [0, 0.05) is 30.1 Å². The molecule has 21 heavy (non-hydrogen) atoms. The van der Waals surface area contributed by atoms with Crippen LogP contribution < -0.4 is 5.32 Å². The van der Waals surface area contributed by atoms with Gasteiger partial charge in [-0.05, 0) is 43.5 Å². The lowest BCUT2D eigenvalue weighted by atomic mass is 10.0. The molecule has 1 aromatic heterocycles. The third kappa shape index (κ3) is 2.99. The fourth-order valence-electron chi connectivity index (χ4n) is 3.12. The number of rotatable bonds is 4. The normalized spacial score (nSPS) is 20.7. The maximum Gasteiger partial charge on any atom is 0.137 e. The SMILES string of the molecule is C=CNC1=NC=C/C1=C(/C)c1cnn(CC2CCCC2)c1. The van der Waals surface area contributed by atoms with Crippen LogP contribution in [0.3, 0.4) is 0 Å². The molecule has 2 aliphatic rings. The van der Waals surface area contributed by atoms with Gasteiger partial charge in [0.15, 0.2) is 0 Å². The number of aromatic nitrogens is 2. The summed E-state index contributed by atoms with van der Waals surface area (Å²) in [6.07, 6.45) is 15.0. The second kappa shape index (κ2) is 6.12. The zero-order valence-corrected chi connectivity index (χ0v) is 12.5. The van der Waals surface area contributed by atoms with Crippen LogP contribution in [0.25, 0.3) is 5.57 Å². The zero-order chi connectivity index (χ0) is 14.7. The molecule has 2 heterocycles. The van der Waals surface area contributed by atoms with Crippen molar-refractivity contribution in [2.75, 3.05) is 0 Å². The summed E-state index contributed by atoms with van der Waals surface area (Å²) in [6, 6.07) is 0. The minimum absolute atomic E-state index is 0.802. The number of hydrogen-bond donors (Lipinski definition) is 1. The lowest BCUT2D eigenvalue weighted by molar-refractivity contribution is 0.429. The molecular formula is C17H22N4. The fourth-order valence-corrected chi connectivity index (χ4v) is 3.12. The van der Waals surface area contributed by atoms with Crippen LogP contribution in [0.4, 0.5) is 0 Å². The number of nitrogens with zero attached hydrogens (tertiary/aromatic N) is 3. The maximum atomic E-state index is 4.52. The molecule has 0 bridgehead atoms. The summed E-state index contributed by atoms with van der Waals surface area (Å²) in [7, 11) is 0. The summed E-state index contributed by atoms with van der Waals surface area (Å²) in [4.78, 5) is 4.31. The average molecular weight is 282 g/mol. The van der Waals surface area contributed by atoms with Crippen LogP contribution in [-0.2, 0) is 6.54 Å². The van der Waals surface area contributed by atoms with Crippen molar-refractivity contribution in [3.05, 3.63) is 48.6 Å². The molecule has 1 aliphatic carbocycles. The molecule has 1 fully saturated rings. The zero-order valence-electron chi connectivity index (χ0n) is 12.5. The van der Waals surface area contributed by atoms with Crippen LogP contribution in [0, 0.1) is 5.92 Å². The second-order valence-corrected chi connectivity index (χ2v) is 5.78. The predicted octanol–water partition coefficient (Wildman–Crippen LogP) is 3.51. The Labute approximate surface area is 126 Å². The average Bonchev–Trinajstić information content (AvgIpc) is 3.20. The van der Waals surface area contributed by atoms with Crippen molar-refractivity contribution in [2.24, 2.45) is 10.9 Å². The van der Waals surface area contributed by atoms with E-state index in [-0.39, 0.29) is 0 Å². The third-order valence-electron chi connectivity index (χ3n) is 4.33. The van der Waals surface area contributed by atoms with E-state index in [1.807, 2.05) is 18.5 Å². The van der Waals surface area contributed by atoms with E-state index >= 15 is 0 Å². The Hall–Kier alpha value is -2.10. The summed E-state index contributed by atoms with van der Waals surface area (Å²) < 4.78 is 2.09. The smallest absolute Gasteiger partial charge is 0.137 e. The van der Waals surface area contributed by atoms with Gasteiger partial charge in [0.2, 0.25) is 0 Å². The number of amidine groups is 1. The van der Waals surface area contributed by atoms with E-state index in [9.17, 15) is 0 Å². The summed E-state index contributed by atoms with van der Waals surface area (Å²) in [5.41, 5.74) is 3.46. The molecule has 1 N–H and O–H groups in total. The van der Waals surface area contributed by atoms with Gasteiger partial charge in [-0.1, -0.05) is 19.4 Å². The molecule has 0 atom stereocenters. The molecule has 4 nitrogen and oxygen atoms in total. The first-order valence-electron chi connectivity index (χ1n) is 7.64. The van der Waals surface area contributed by atoms with Gasteiger partial charge in [-0.3, -0.25) is 4.68 Å². The Bertz CT molecular complexity index is 612. The molecule has 0 spiro atoms. The Morgan fingerprint density at radius 2 is 2.29 bits per heavy atom. The molecule has 4 heteroatoms. The quantitative estimate of drug-likeness (QED) is 0.918.